The number of fused-ring (bicyclic) bond motifs is 1. The Morgan fingerprint density at radius 3 is 2.76 bits per heavy atom. The van der Waals surface area contributed by atoms with E-state index in [-0.39, 0.29) is 11.9 Å². The van der Waals surface area contributed by atoms with Gasteiger partial charge >= 0.3 is 0 Å². The summed E-state index contributed by atoms with van der Waals surface area (Å²) >= 11 is 1.88. The zero-order valence-corrected chi connectivity index (χ0v) is 13.0. The molecular weight excluding hydrogens is 281 g/mol. The second-order valence-corrected chi connectivity index (χ2v) is 6.47. The number of thioether (sulfide) groups is 1. The molecule has 2 atom stereocenters. The zero-order valence-electron chi connectivity index (χ0n) is 12.2. The topological polar surface area (TPSA) is 12.0 Å². The molecule has 1 N–H and O–H groups in total. The molecule has 2 aromatic rings. The summed E-state index contributed by atoms with van der Waals surface area (Å²) in [5.74, 6) is 1.23. The highest BCUT2D eigenvalue weighted by atomic mass is 32.2. The predicted molar refractivity (Wildman–Crippen MR) is 87.3 cm³/mol. The van der Waals surface area contributed by atoms with Crippen LogP contribution in [0.3, 0.4) is 0 Å². The molecule has 110 valence electrons. The number of nitrogens with one attached hydrogen (secondary N) is 1. The van der Waals surface area contributed by atoms with Gasteiger partial charge < -0.3 is 5.32 Å². The lowest BCUT2D eigenvalue weighted by Gasteiger charge is -2.26. The average molecular weight is 301 g/mol. The van der Waals surface area contributed by atoms with Gasteiger partial charge in [-0.3, -0.25) is 0 Å². The van der Waals surface area contributed by atoms with Crippen LogP contribution in [0.1, 0.15) is 36.4 Å². The Morgan fingerprint density at radius 1 is 1.19 bits per heavy atom. The molecule has 0 spiro atoms. The normalized spacial score (nSPS) is 18.5. The van der Waals surface area contributed by atoms with Crippen molar-refractivity contribution < 1.29 is 4.39 Å². The van der Waals surface area contributed by atoms with E-state index in [9.17, 15) is 4.39 Å². The van der Waals surface area contributed by atoms with Crippen molar-refractivity contribution in [3.8, 4) is 0 Å². The minimum absolute atomic E-state index is 0.0438. The fourth-order valence-electron chi connectivity index (χ4n) is 2.96. The molecule has 1 heterocycles. The van der Waals surface area contributed by atoms with E-state index < -0.39 is 0 Å². The third-order valence-electron chi connectivity index (χ3n) is 3.99. The van der Waals surface area contributed by atoms with Gasteiger partial charge in [-0.15, -0.1) is 11.8 Å². The second kappa shape index (κ2) is 6.63. The van der Waals surface area contributed by atoms with Gasteiger partial charge in [-0.25, -0.2) is 4.39 Å². The molecule has 0 bridgehead atoms. The van der Waals surface area contributed by atoms with E-state index in [1.54, 1.807) is 12.1 Å². The molecule has 1 aliphatic rings. The maximum atomic E-state index is 14.2. The Labute approximate surface area is 130 Å². The maximum absolute atomic E-state index is 14.2. The van der Waals surface area contributed by atoms with E-state index in [0.717, 1.165) is 24.3 Å². The summed E-state index contributed by atoms with van der Waals surface area (Å²) in [6.45, 7) is 3.05. The van der Waals surface area contributed by atoms with Crippen molar-refractivity contribution in [2.75, 3.05) is 12.3 Å². The van der Waals surface area contributed by atoms with Crippen LogP contribution >= 0.6 is 11.8 Å². The van der Waals surface area contributed by atoms with Crippen LogP contribution in [0.5, 0.6) is 0 Å². The van der Waals surface area contributed by atoms with Crippen LogP contribution in [0, 0.1) is 5.82 Å². The summed E-state index contributed by atoms with van der Waals surface area (Å²) in [7, 11) is 0. The minimum Gasteiger partial charge on any atom is -0.309 e. The lowest BCUT2D eigenvalue weighted by atomic mass is 9.88. The summed E-state index contributed by atoms with van der Waals surface area (Å²) in [6, 6.07) is 15.7. The molecule has 0 fully saturated rings. The average Bonchev–Trinajstić information content (AvgIpc) is 2.93. The fourth-order valence-corrected chi connectivity index (χ4v) is 4.25. The van der Waals surface area contributed by atoms with E-state index in [0.29, 0.717) is 5.92 Å². The van der Waals surface area contributed by atoms with Crippen LogP contribution in [-0.2, 0) is 0 Å². The molecular formula is C18H20FNS. The molecule has 2 unspecified atom stereocenters. The predicted octanol–water partition coefficient (Wildman–Crippen LogP) is 4.76. The molecule has 21 heavy (non-hydrogen) atoms. The Morgan fingerprint density at radius 2 is 1.95 bits per heavy atom. The molecule has 3 heteroatoms. The Hall–Kier alpha value is -1.32. The number of rotatable bonds is 5. The summed E-state index contributed by atoms with van der Waals surface area (Å²) in [5, 5.41) is 3.56. The lowest BCUT2D eigenvalue weighted by molar-refractivity contribution is 0.450. The summed E-state index contributed by atoms with van der Waals surface area (Å²) in [4.78, 5) is 1.34. The molecule has 0 aliphatic carbocycles. The third-order valence-corrected chi connectivity index (χ3v) is 5.20. The van der Waals surface area contributed by atoms with Gasteiger partial charge in [-0.05, 0) is 30.7 Å². The van der Waals surface area contributed by atoms with E-state index in [4.69, 9.17) is 0 Å². The quantitative estimate of drug-likeness (QED) is 0.855. The first-order chi connectivity index (χ1) is 10.3. The molecule has 0 saturated carbocycles. The van der Waals surface area contributed by atoms with Crippen molar-refractivity contribution >= 4 is 11.8 Å². The number of hydrogen-bond acceptors (Lipinski definition) is 2. The van der Waals surface area contributed by atoms with Gasteiger partial charge in [0.2, 0.25) is 0 Å². The Balaban J connectivity index is 1.96. The van der Waals surface area contributed by atoms with Crippen molar-refractivity contribution in [3.63, 3.8) is 0 Å². The van der Waals surface area contributed by atoms with Crippen molar-refractivity contribution in [3.05, 3.63) is 65.5 Å². The molecule has 0 saturated heterocycles. The number of halogens is 1. The smallest absolute Gasteiger partial charge is 0.128 e. The highest BCUT2D eigenvalue weighted by Gasteiger charge is 2.32. The summed E-state index contributed by atoms with van der Waals surface area (Å²) in [5.41, 5.74) is 2.13. The van der Waals surface area contributed by atoms with Gasteiger partial charge in [0.15, 0.2) is 0 Å². The van der Waals surface area contributed by atoms with Crippen LogP contribution in [0.25, 0.3) is 0 Å². The van der Waals surface area contributed by atoms with E-state index in [2.05, 4.69) is 36.5 Å². The fraction of sp³-hybridized carbons (Fsp3) is 0.333. The van der Waals surface area contributed by atoms with Gasteiger partial charge in [0.05, 0.1) is 0 Å². The van der Waals surface area contributed by atoms with Crippen LogP contribution < -0.4 is 5.32 Å². The number of hydrogen-bond donors (Lipinski definition) is 1. The summed E-state index contributed by atoms with van der Waals surface area (Å²) in [6.07, 6.45) is 1.05. The van der Waals surface area contributed by atoms with Gasteiger partial charge in [0, 0.05) is 28.2 Å². The van der Waals surface area contributed by atoms with Gasteiger partial charge in [-0.2, -0.15) is 0 Å². The Bertz CT molecular complexity index is 614. The van der Waals surface area contributed by atoms with Crippen molar-refractivity contribution in [1.82, 2.24) is 5.32 Å². The number of benzene rings is 2. The molecule has 1 nitrogen and oxygen atoms in total. The maximum Gasteiger partial charge on any atom is 0.128 e. The second-order valence-electron chi connectivity index (χ2n) is 5.41. The van der Waals surface area contributed by atoms with Gasteiger partial charge in [-0.1, -0.05) is 43.3 Å². The van der Waals surface area contributed by atoms with Gasteiger partial charge in [0.1, 0.15) is 5.82 Å². The van der Waals surface area contributed by atoms with Crippen LogP contribution in [-0.4, -0.2) is 12.3 Å². The highest BCUT2D eigenvalue weighted by Crippen LogP contribution is 2.45. The zero-order chi connectivity index (χ0) is 14.7. The highest BCUT2D eigenvalue weighted by molar-refractivity contribution is 7.99. The standard InChI is InChI=1S/C18H20FNS/c1-2-11-20-18(14-8-3-5-9-16(14)19)15-12-21-17-10-6-4-7-13(15)17/h3-10,15,18,20H,2,11-12H2,1H3. The Kier molecular flexibility index (Phi) is 4.61. The first kappa shape index (κ1) is 14.6. The first-order valence-electron chi connectivity index (χ1n) is 7.50. The van der Waals surface area contributed by atoms with Crippen molar-refractivity contribution in [2.45, 2.75) is 30.2 Å². The summed E-state index contributed by atoms with van der Waals surface area (Å²) < 4.78 is 14.2. The van der Waals surface area contributed by atoms with Crippen molar-refractivity contribution in [1.29, 1.82) is 0 Å². The first-order valence-corrected chi connectivity index (χ1v) is 8.49. The molecule has 2 aromatic carbocycles. The molecule has 1 aliphatic heterocycles. The SMILES string of the molecule is CCCNC(c1ccccc1F)C1CSc2ccccc21. The molecule has 0 amide bonds. The molecule has 0 aromatic heterocycles. The van der Waals surface area contributed by atoms with Crippen LogP contribution in [0.4, 0.5) is 4.39 Å². The molecule has 3 rings (SSSR count). The van der Waals surface area contributed by atoms with E-state index >= 15 is 0 Å². The van der Waals surface area contributed by atoms with E-state index in [1.807, 2.05) is 23.9 Å². The largest absolute Gasteiger partial charge is 0.309 e. The van der Waals surface area contributed by atoms with Crippen LogP contribution in [0.15, 0.2) is 53.4 Å². The van der Waals surface area contributed by atoms with Crippen molar-refractivity contribution in [2.24, 2.45) is 0 Å². The molecule has 0 radical (unpaired) electrons. The van der Waals surface area contributed by atoms with E-state index in [1.165, 1.54) is 10.5 Å². The van der Waals surface area contributed by atoms with Crippen LogP contribution in [0.2, 0.25) is 0 Å². The van der Waals surface area contributed by atoms with Gasteiger partial charge in [0.25, 0.3) is 0 Å². The lowest BCUT2D eigenvalue weighted by Crippen LogP contribution is -2.28. The minimum atomic E-state index is -0.111. The third kappa shape index (κ3) is 2.99. The monoisotopic (exact) mass is 301 g/mol.